The Morgan fingerprint density at radius 3 is 2.65 bits per heavy atom. The molecule has 0 saturated heterocycles. The molecule has 92 valence electrons. The molecule has 0 heterocycles. The molecule has 1 aromatic rings. The van der Waals surface area contributed by atoms with Gasteiger partial charge in [-0.2, -0.15) is 0 Å². The molecule has 0 fully saturated rings. The molecule has 0 aromatic heterocycles. The van der Waals surface area contributed by atoms with Crippen LogP contribution >= 0.6 is 0 Å². The van der Waals surface area contributed by atoms with Crippen molar-refractivity contribution in [2.75, 3.05) is 18.0 Å². The van der Waals surface area contributed by atoms with Gasteiger partial charge in [0.25, 0.3) is 5.69 Å². The highest BCUT2D eigenvalue weighted by atomic mass is 19.1. The van der Waals surface area contributed by atoms with Crippen LogP contribution in [0.1, 0.15) is 6.92 Å². The molecular formula is C10H12FN3O3. The van der Waals surface area contributed by atoms with Crippen molar-refractivity contribution in [3.8, 4) is 0 Å². The van der Waals surface area contributed by atoms with Gasteiger partial charge in [-0.05, 0) is 13.0 Å². The van der Waals surface area contributed by atoms with Gasteiger partial charge >= 0.3 is 0 Å². The summed E-state index contributed by atoms with van der Waals surface area (Å²) in [5.41, 5.74) is 4.94. The second kappa shape index (κ2) is 5.24. The van der Waals surface area contributed by atoms with Gasteiger partial charge in [0.15, 0.2) is 0 Å². The number of nitrogens with two attached hydrogens (primary N) is 1. The number of non-ortho nitro benzene ring substituents is 1. The van der Waals surface area contributed by atoms with Crippen LogP contribution < -0.4 is 10.6 Å². The van der Waals surface area contributed by atoms with Gasteiger partial charge in [-0.25, -0.2) is 4.39 Å². The van der Waals surface area contributed by atoms with Gasteiger partial charge in [-0.15, -0.1) is 0 Å². The molecule has 1 aromatic carbocycles. The fourth-order valence-corrected chi connectivity index (χ4v) is 1.42. The largest absolute Gasteiger partial charge is 0.368 e. The van der Waals surface area contributed by atoms with Crippen LogP contribution in [0.3, 0.4) is 0 Å². The molecule has 0 aliphatic carbocycles. The summed E-state index contributed by atoms with van der Waals surface area (Å²) in [4.78, 5) is 22.1. The molecular weight excluding hydrogens is 229 g/mol. The van der Waals surface area contributed by atoms with Crippen LogP contribution in [0.5, 0.6) is 0 Å². The van der Waals surface area contributed by atoms with Crippen LogP contribution in [-0.4, -0.2) is 23.9 Å². The molecule has 0 aliphatic rings. The third-order valence-corrected chi connectivity index (χ3v) is 2.17. The zero-order chi connectivity index (χ0) is 13.0. The first-order valence-corrected chi connectivity index (χ1v) is 4.92. The minimum atomic E-state index is -0.725. The van der Waals surface area contributed by atoms with Crippen LogP contribution in [0.25, 0.3) is 0 Å². The number of nitrogens with zero attached hydrogens (tertiary/aromatic N) is 2. The number of rotatable bonds is 5. The third-order valence-electron chi connectivity index (χ3n) is 2.17. The number of amides is 1. The van der Waals surface area contributed by atoms with Crippen molar-refractivity contribution >= 4 is 17.3 Å². The first-order chi connectivity index (χ1) is 7.93. The minimum absolute atomic E-state index is 0.114. The van der Waals surface area contributed by atoms with E-state index in [0.29, 0.717) is 6.54 Å². The number of halogens is 1. The zero-order valence-electron chi connectivity index (χ0n) is 9.22. The standard InChI is InChI=1S/C10H12FN3O3/c1-2-13(6-10(12)15)8-3-7(11)4-9(5-8)14(16)17/h3-5H,2,6H2,1H3,(H2,12,15). The number of carbonyl (C=O) groups is 1. The summed E-state index contributed by atoms with van der Waals surface area (Å²) < 4.78 is 13.2. The van der Waals surface area contributed by atoms with Gasteiger partial charge < -0.3 is 10.6 Å². The van der Waals surface area contributed by atoms with Crippen LogP contribution in [0.15, 0.2) is 18.2 Å². The van der Waals surface area contributed by atoms with Crippen LogP contribution in [-0.2, 0) is 4.79 Å². The van der Waals surface area contributed by atoms with Crippen molar-refractivity contribution in [3.63, 3.8) is 0 Å². The number of primary amides is 1. The van der Waals surface area contributed by atoms with E-state index < -0.39 is 16.6 Å². The van der Waals surface area contributed by atoms with Crippen molar-refractivity contribution in [2.24, 2.45) is 5.73 Å². The van der Waals surface area contributed by atoms with Gasteiger partial charge in [0, 0.05) is 18.3 Å². The summed E-state index contributed by atoms with van der Waals surface area (Å²) in [6.45, 7) is 2.01. The van der Waals surface area contributed by atoms with Crippen molar-refractivity contribution in [1.82, 2.24) is 0 Å². The van der Waals surface area contributed by atoms with E-state index in [0.717, 1.165) is 12.1 Å². The molecule has 0 spiro atoms. The van der Waals surface area contributed by atoms with E-state index in [1.165, 1.54) is 11.0 Å². The van der Waals surface area contributed by atoms with Crippen LogP contribution in [0, 0.1) is 15.9 Å². The van der Waals surface area contributed by atoms with Gasteiger partial charge in [-0.1, -0.05) is 0 Å². The Bertz CT molecular complexity index is 450. The fourth-order valence-electron chi connectivity index (χ4n) is 1.42. The monoisotopic (exact) mass is 241 g/mol. The highest BCUT2D eigenvalue weighted by Crippen LogP contribution is 2.23. The maximum absolute atomic E-state index is 13.2. The molecule has 17 heavy (non-hydrogen) atoms. The van der Waals surface area contributed by atoms with Crippen molar-refractivity contribution in [3.05, 3.63) is 34.1 Å². The van der Waals surface area contributed by atoms with Gasteiger partial charge in [0.1, 0.15) is 5.82 Å². The second-order valence-electron chi connectivity index (χ2n) is 3.41. The number of hydrogen-bond donors (Lipinski definition) is 1. The molecule has 0 atom stereocenters. The molecule has 0 saturated carbocycles. The van der Waals surface area contributed by atoms with E-state index in [4.69, 9.17) is 5.73 Å². The highest BCUT2D eigenvalue weighted by Gasteiger charge is 2.14. The van der Waals surface area contributed by atoms with Crippen molar-refractivity contribution in [1.29, 1.82) is 0 Å². The molecule has 2 N–H and O–H groups in total. The number of hydrogen-bond acceptors (Lipinski definition) is 4. The number of benzene rings is 1. The normalized spacial score (nSPS) is 10.0. The Hall–Kier alpha value is -2.18. The molecule has 7 heteroatoms. The Morgan fingerprint density at radius 2 is 2.18 bits per heavy atom. The van der Waals surface area contributed by atoms with Crippen molar-refractivity contribution < 1.29 is 14.1 Å². The van der Waals surface area contributed by atoms with Crippen LogP contribution in [0.2, 0.25) is 0 Å². The SMILES string of the molecule is CCN(CC(N)=O)c1cc(F)cc([N+](=O)[O-])c1. The first kappa shape index (κ1) is 12.9. The molecule has 0 unspecified atom stereocenters. The van der Waals surface area contributed by atoms with E-state index in [1.54, 1.807) is 6.92 Å². The maximum Gasteiger partial charge on any atom is 0.274 e. The fraction of sp³-hybridized carbons (Fsp3) is 0.300. The molecule has 0 bridgehead atoms. The van der Waals surface area contributed by atoms with E-state index in [2.05, 4.69) is 0 Å². The summed E-state index contributed by atoms with van der Waals surface area (Å²) in [7, 11) is 0. The average Bonchev–Trinajstić information content (AvgIpc) is 2.24. The highest BCUT2D eigenvalue weighted by molar-refractivity contribution is 5.79. The summed E-state index contributed by atoms with van der Waals surface area (Å²) >= 11 is 0. The van der Waals surface area contributed by atoms with Gasteiger partial charge in [0.2, 0.25) is 5.91 Å². The summed E-state index contributed by atoms with van der Waals surface area (Å²) in [6, 6.07) is 3.15. The lowest BCUT2D eigenvalue weighted by Crippen LogP contribution is -2.33. The average molecular weight is 241 g/mol. The zero-order valence-corrected chi connectivity index (χ0v) is 9.22. The molecule has 1 rings (SSSR count). The number of anilines is 1. The Morgan fingerprint density at radius 1 is 1.53 bits per heavy atom. The van der Waals surface area contributed by atoms with E-state index in [1.807, 2.05) is 0 Å². The van der Waals surface area contributed by atoms with Crippen LogP contribution in [0.4, 0.5) is 15.8 Å². The maximum atomic E-state index is 13.2. The number of nitro benzene ring substituents is 1. The minimum Gasteiger partial charge on any atom is -0.368 e. The lowest BCUT2D eigenvalue weighted by Gasteiger charge is -2.20. The second-order valence-corrected chi connectivity index (χ2v) is 3.41. The van der Waals surface area contributed by atoms with E-state index in [-0.39, 0.29) is 17.9 Å². The quantitative estimate of drug-likeness (QED) is 0.616. The van der Waals surface area contributed by atoms with E-state index in [9.17, 15) is 19.3 Å². The van der Waals surface area contributed by atoms with E-state index >= 15 is 0 Å². The first-order valence-electron chi connectivity index (χ1n) is 4.92. The third kappa shape index (κ3) is 3.40. The number of nitro groups is 1. The molecule has 1 amide bonds. The predicted octanol–water partition coefficient (Wildman–Crippen LogP) is 1.05. The predicted molar refractivity (Wildman–Crippen MR) is 60.1 cm³/mol. The Labute approximate surface area is 97.0 Å². The van der Waals surface area contributed by atoms with Gasteiger partial charge in [-0.3, -0.25) is 14.9 Å². The number of carbonyl (C=O) groups excluding carboxylic acids is 1. The molecule has 0 radical (unpaired) electrons. The molecule has 6 nitrogen and oxygen atoms in total. The summed E-state index contributed by atoms with van der Waals surface area (Å²) in [5.74, 6) is -1.31. The summed E-state index contributed by atoms with van der Waals surface area (Å²) in [5, 5.41) is 10.6. The lowest BCUT2D eigenvalue weighted by molar-refractivity contribution is -0.385. The number of likely N-dealkylation sites (N-methyl/N-ethyl adjacent to an activating group) is 1. The lowest BCUT2D eigenvalue weighted by atomic mass is 10.2. The Kier molecular flexibility index (Phi) is 3.97. The molecule has 0 aliphatic heterocycles. The summed E-state index contributed by atoms with van der Waals surface area (Å²) in [6.07, 6.45) is 0. The topological polar surface area (TPSA) is 89.5 Å². The van der Waals surface area contributed by atoms with Crippen molar-refractivity contribution in [2.45, 2.75) is 6.92 Å². The Balaban J connectivity index is 3.10. The van der Waals surface area contributed by atoms with Gasteiger partial charge in [0.05, 0.1) is 17.5 Å². The smallest absolute Gasteiger partial charge is 0.274 e.